The van der Waals surface area contributed by atoms with E-state index in [1.165, 1.54) is 11.4 Å². The van der Waals surface area contributed by atoms with Crippen LogP contribution in [0.15, 0.2) is 6.07 Å². The molecule has 0 aliphatic heterocycles. The smallest absolute Gasteiger partial charge is 0.0931 e. The highest BCUT2D eigenvalue weighted by Gasteiger charge is 2.15. The molecule has 1 unspecified atom stereocenters. The summed E-state index contributed by atoms with van der Waals surface area (Å²) in [6.07, 6.45) is -0.405. The average molecular weight is 224 g/mol. The Morgan fingerprint density at radius 3 is 2.50 bits per heavy atom. The maximum Gasteiger partial charge on any atom is 0.0931 e. The average Bonchev–Trinajstić information content (AvgIpc) is 2.45. The quantitative estimate of drug-likeness (QED) is 0.803. The molecule has 0 aromatic carbocycles. The van der Waals surface area contributed by atoms with Gasteiger partial charge in [-0.3, -0.25) is 0 Å². The minimum absolute atomic E-state index is 0.405. The van der Waals surface area contributed by atoms with Crippen LogP contribution >= 0.6 is 0 Å². The lowest BCUT2D eigenvalue weighted by atomic mass is 10.1. The fourth-order valence-corrected chi connectivity index (χ4v) is 2.11. The van der Waals surface area contributed by atoms with E-state index in [-0.39, 0.29) is 0 Å². The van der Waals surface area contributed by atoms with E-state index >= 15 is 0 Å². The van der Waals surface area contributed by atoms with Gasteiger partial charge in [0.15, 0.2) is 0 Å². The van der Waals surface area contributed by atoms with Gasteiger partial charge in [-0.05, 0) is 32.9 Å². The van der Waals surface area contributed by atoms with Crippen molar-refractivity contribution in [2.75, 3.05) is 13.6 Å². The van der Waals surface area contributed by atoms with Crippen molar-refractivity contribution < 1.29 is 5.11 Å². The fourth-order valence-electron chi connectivity index (χ4n) is 2.11. The Morgan fingerprint density at radius 1 is 1.38 bits per heavy atom. The predicted molar refractivity (Wildman–Crippen MR) is 67.6 cm³/mol. The van der Waals surface area contributed by atoms with E-state index in [1.54, 1.807) is 0 Å². The van der Waals surface area contributed by atoms with Crippen LogP contribution in [0, 0.1) is 19.8 Å². The molecule has 0 radical (unpaired) electrons. The summed E-state index contributed by atoms with van der Waals surface area (Å²) in [7, 11) is 1.86. The van der Waals surface area contributed by atoms with Crippen LogP contribution in [0.4, 0.5) is 0 Å². The van der Waals surface area contributed by atoms with Gasteiger partial charge in [0, 0.05) is 30.0 Å². The molecule has 0 spiro atoms. The summed E-state index contributed by atoms with van der Waals surface area (Å²) >= 11 is 0. The Labute approximate surface area is 98.5 Å². The molecular formula is C13H24N2O. The highest BCUT2D eigenvalue weighted by molar-refractivity contribution is 5.29. The molecule has 3 heteroatoms. The topological polar surface area (TPSA) is 37.2 Å². The van der Waals surface area contributed by atoms with Gasteiger partial charge in [0.1, 0.15) is 0 Å². The van der Waals surface area contributed by atoms with Gasteiger partial charge in [-0.15, -0.1) is 0 Å². The summed E-state index contributed by atoms with van der Waals surface area (Å²) in [5.41, 5.74) is 3.47. The molecule has 0 bridgehead atoms. The van der Waals surface area contributed by atoms with Crippen LogP contribution in [0.5, 0.6) is 0 Å². The Kier molecular flexibility index (Phi) is 4.56. The lowest BCUT2D eigenvalue weighted by molar-refractivity contribution is 0.177. The van der Waals surface area contributed by atoms with Crippen molar-refractivity contribution in [2.24, 2.45) is 5.92 Å². The van der Waals surface area contributed by atoms with Crippen molar-refractivity contribution >= 4 is 0 Å². The third-order valence-electron chi connectivity index (χ3n) is 2.92. The van der Waals surface area contributed by atoms with Gasteiger partial charge in [-0.25, -0.2) is 0 Å². The van der Waals surface area contributed by atoms with Gasteiger partial charge in [0.25, 0.3) is 0 Å². The molecule has 1 aromatic heterocycles. The van der Waals surface area contributed by atoms with Gasteiger partial charge >= 0.3 is 0 Å². The summed E-state index contributed by atoms with van der Waals surface area (Å²) in [5, 5.41) is 13.0. The number of aliphatic hydroxyl groups is 1. The fraction of sp³-hybridized carbons (Fsp3) is 0.692. The van der Waals surface area contributed by atoms with E-state index in [0.29, 0.717) is 12.5 Å². The molecule has 0 aliphatic carbocycles. The Hall–Kier alpha value is -0.800. The van der Waals surface area contributed by atoms with Gasteiger partial charge in [-0.1, -0.05) is 13.8 Å². The molecule has 0 aliphatic rings. The Bertz CT molecular complexity index is 342. The molecule has 0 saturated carbocycles. The molecular weight excluding hydrogens is 200 g/mol. The number of nitrogens with one attached hydrogen (secondary N) is 1. The second kappa shape index (κ2) is 5.51. The lowest BCUT2D eigenvalue weighted by Gasteiger charge is -2.14. The monoisotopic (exact) mass is 224 g/mol. The van der Waals surface area contributed by atoms with E-state index in [2.05, 4.69) is 43.6 Å². The summed E-state index contributed by atoms with van der Waals surface area (Å²) < 4.78 is 2.29. The molecule has 2 N–H and O–H groups in total. The van der Waals surface area contributed by atoms with Crippen LogP contribution in [0.1, 0.15) is 36.9 Å². The van der Waals surface area contributed by atoms with Crippen LogP contribution in [-0.2, 0) is 6.54 Å². The number of likely N-dealkylation sites (N-methyl/N-ethyl adjacent to an activating group) is 1. The van der Waals surface area contributed by atoms with Crippen LogP contribution < -0.4 is 5.32 Å². The zero-order valence-corrected chi connectivity index (χ0v) is 11.0. The van der Waals surface area contributed by atoms with Gasteiger partial charge in [0.2, 0.25) is 0 Å². The molecule has 16 heavy (non-hydrogen) atoms. The first kappa shape index (κ1) is 13.3. The van der Waals surface area contributed by atoms with E-state index in [9.17, 15) is 5.11 Å². The van der Waals surface area contributed by atoms with E-state index < -0.39 is 6.10 Å². The van der Waals surface area contributed by atoms with Crippen LogP contribution in [0.25, 0.3) is 0 Å². The number of rotatable bonds is 5. The number of aromatic nitrogens is 1. The highest BCUT2D eigenvalue weighted by atomic mass is 16.3. The van der Waals surface area contributed by atoms with Gasteiger partial charge < -0.3 is 15.0 Å². The Balaban J connectivity index is 2.96. The summed E-state index contributed by atoms with van der Waals surface area (Å²) in [6.45, 7) is 10.2. The molecule has 0 saturated heterocycles. The lowest BCUT2D eigenvalue weighted by Crippen LogP contribution is -2.17. The predicted octanol–water partition coefficient (Wildman–Crippen LogP) is 2.01. The van der Waals surface area contributed by atoms with Crippen molar-refractivity contribution in [3.8, 4) is 0 Å². The molecule has 0 fully saturated rings. The van der Waals surface area contributed by atoms with E-state index in [0.717, 1.165) is 12.1 Å². The van der Waals surface area contributed by atoms with Crippen molar-refractivity contribution in [1.82, 2.24) is 9.88 Å². The minimum atomic E-state index is -0.405. The number of aliphatic hydroxyl groups excluding tert-OH is 1. The summed E-state index contributed by atoms with van der Waals surface area (Å²) in [6, 6.07) is 2.10. The number of hydrogen-bond donors (Lipinski definition) is 2. The summed E-state index contributed by atoms with van der Waals surface area (Å²) in [4.78, 5) is 0. The zero-order valence-electron chi connectivity index (χ0n) is 11.0. The van der Waals surface area contributed by atoms with Crippen LogP contribution in [0.2, 0.25) is 0 Å². The zero-order chi connectivity index (χ0) is 12.3. The Morgan fingerprint density at radius 2 is 2.00 bits per heavy atom. The molecule has 1 aromatic rings. The molecule has 1 atom stereocenters. The highest BCUT2D eigenvalue weighted by Crippen LogP contribution is 2.22. The normalized spacial score (nSPS) is 13.4. The molecule has 1 heterocycles. The summed E-state index contributed by atoms with van der Waals surface area (Å²) in [5.74, 6) is 0.624. The van der Waals surface area contributed by atoms with Crippen LogP contribution in [-0.4, -0.2) is 23.3 Å². The first-order valence-electron chi connectivity index (χ1n) is 5.96. The molecule has 92 valence electrons. The first-order chi connectivity index (χ1) is 7.47. The number of nitrogens with zero attached hydrogens (tertiary/aromatic N) is 1. The standard InChI is InChI=1S/C13H24N2O/c1-9(2)8-15-10(3)6-12(11(15)4)13(16)7-14-5/h6,9,13-14,16H,7-8H2,1-5H3. The van der Waals surface area contributed by atoms with E-state index in [4.69, 9.17) is 0 Å². The van der Waals surface area contributed by atoms with Crippen molar-refractivity contribution in [1.29, 1.82) is 0 Å². The molecule has 1 rings (SSSR count). The number of aryl methyl sites for hydroxylation is 1. The number of hydrogen-bond acceptors (Lipinski definition) is 2. The third kappa shape index (κ3) is 2.86. The van der Waals surface area contributed by atoms with E-state index in [1.807, 2.05) is 7.05 Å². The van der Waals surface area contributed by atoms with Gasteiger partial charge in [-0.2, -0.15) is 0 Å². The second-order valence-electron chi connectivity index (χ2n) is 4.90. The maximum absolute atomic E-state index is 10.00. The van der Waals surface area contributed by atoms with Crippen molar-refractivity contribution in [3.05, 3.63) is 23.0 Å². The van der Waals surface area contributed by atoms with Crippen molar-refractivity contribution in [2.45, 2.75) is 40.3 Å². The second-order valence-corrected chi connectivity index (χ2v) is 4.90. The largest absolute Gasteiger partial charge is 0.387 e. The first-order valence-corrected chi connectivity index (χ1v) is 5.96. The van der Waals surface area contributed by atoms with Crippen molar-refractivity contribution in [3.63, 3.8) is 0 Å². The molecule has 0 amide bonds. The minimum Gasteiger partial charge on any atom is -0.387 e. The van der Waals surface area contributed by atoms with Crippen LogP contribution in [0.3, 0.4) is 0 Å². The van der Waals surface area contributed by atoms with Gasteiger partial charge in [0.05, 0.1) is 6.10 Å². The third-order valence-corrected chi connectivity index (χ3v) is 2.92. The molecule has 3 nitrogen and oxygen atoms in total. The maximum atomic E-state index is 10.00. The SMILES string of the molecule is CNCC(O)c1cc(C)n(CC(C)C)c1C.